The molecule has 0 fully saturated rings. The quantitative estimate of drug-likeness (QED) is 0.876. The number of hydrogen-bond acceptors (Lipinski definition) is 4. The molecule has 25 heavy (non-hydrogen) atoms. The van der Waals surface area contributed by atoms with Gasteiger partial charge in [0.25, 0.3) is 5.91 Å². The van der Waals surface area contributed by atoms with Gasteiger partial charge >= 0.3 is 0 Å². The van der Waals surface area contributed by atoms with E-state index < -0.39 is 0 Å². The monoisotopic (exact) mass is 340 g/mol. The van der Waals surface area contributed by atoms with E-state index >= 15 is 0 Å². The Morgan fingerprint density at radius 1 is 1.28 bits per heavy atom. The van der Waals surface area contributed by atoms with Crippen LogP contribution in [0.5, 0.6) is 11.5 Å². The second kappa shape index (κ2) is 7.70. The molecule has 0 atom stereocenters. The first kappa shape index (κ1) is 16.8. The maximum Gasteiger partial charge on any atom is 0.251 e. The summed E-state index contributed by atoms with van der Waals surface area (Å²) in [6.45, 7) is 0.873. The number of carbonyl (C=O) groups is 2. The average Bonchev–Trinajstić information content (AvgIpc) is 2.81. The molecule has 0 saturated heterocycles. The Bertz CT molecular complexity index is 789. The molecule has 0 unspecified atom stereocenters. The van der Waals surface area contributed by atoms with Gasteiger partial charge in [0.2, 0.25) is 5.91 Å². The lowest BCUT2D eigenvalue weighted by molar-refractivity contribution is -0.116. The predicted octanol–water partition coefficient (Wildman–Crippen LogP) is 2.39. The smallest absolute Gasteiger partial charge is 0.251 e. The summed E-state index contributed by atoms with van der Waals surface area (Å²) in [7, 11) is 1.57. The van der Waals surface area contributed by atoms with Crippen LogP contribution in [0.2, 0.25) is 0 Å². The molecule has 1 aliphatic rings. The highest BCUT2D eigenvalue weighted by Gasteiger charge is 2.14. The third-order valence-electron chi connectivity index (χ3n) is 3.94. The molecule has 2 N–H and O–H groups in total. The maximum absolute atomic E-state index is 12.2. The number of hydrogen-bond donors (Lipinski definition) is 2. The van der Waals surface area contributed by atoms with Crippen molar-refractivity contribution in [3.63, 3.8) is 0 Å². The minimum Gasteiger partial charge on any atom is -0.497 e. The normalized spacial score (nSPS) is 13.1. The fourth-order valence-corrected chi connectivity index (χ4v) is 2.61. The molecular formula is C19H20N2O4. The van der Waals surface area contributed by atoms with Gasteiger partial charge in [-0.2, -0.15) is 0 Å². The van der Waals surface area contributed by atoms with Gasteiger partial charge in [-0.15, -0.1) is 0 Å². The third-order valence-corrected chi connectivity index (χ3v) is 3.94. The van der Waals surface area contributed by atoms with Gasteiger partial charge in [-0.3, -0.25) is 9.59 Å². The number of fused-ring (bicyclic) bond motifs is 1. The van der Waals surface area contributed by atoms with E-state index in [0.29, 0.717) is 48.7 Å². The lowest BCUT2D eigenvalue weighted by Crippen LogP contribution is -2.25. The van der Waals surface area contributed by atoms with Crippen molar-refractivity contribution >= 4 is 17.5 Å². The van der Waals surface area contributed by atoms with E-state index in [0.717, 1.165) is 5.56 Å². The lowest BCUT2D eigenvalue weighted by atomic mass is 10.1. The fourth-order valence-electron chi connectivity index (χ4n) is 2.61. The predicted molar refractivity (Wildman–Crippen MR) is 94.2 cm³/mol. The van der Waals surface area contributed by atoms with Crippen LogP contribution in [0.15, 0.2) is 42.5 Å². The zero-order valence-corrected chi connectivity index (χ0v) is 14.0. The van der Waals surface area contributed by atoms with Gasteiger partial charge in [-0.05, 0) is 42.3 Å². The first-order valence-corrected chi connectivity index (χ1v) is 8.13. The van der Waals surface area contributed by atoms with Crippen LogP contribution >= 0.6 is 0 Å². The topological polar surface area (TPSA) is 76.7 Å². The second-order valence-corrected chi connectivity index (χ2v) is 5.72. The fraction of sp³-hybridized carbons (Fsp3) is 0.263. The Morgan fingerprint density at radius 2 is 2.16 bits per heavy atom. The maximum atomic E-state index is 12.2. The van der Waals surface area contributed by atoms with Crippen LogP contribution in [0.1, 0.15) is 22.3 Å². The van der Waals surface area contributed by atoms with Gasteiger partial charge in [-0.1, -0.05) is 12.1 Å². The highest BCUT2D eigenvalue weighted by molar-refractivity contribution is 5.94. The summed E-state index contributed by atoms with van der Waals surface area (Å²) in [4.78, 5) is 23.8. The molecule has 0 bridgehead atoms. The molecular weight excluding hydrogens is 320 g/mol. The number of ether oxygens (including phenoxy) is 2. The highest BCUT2D eigenvalue weighted by Crippen LogP contribution is 2.28. The first-order valence-electron chi connectivity index (χ1n) is 8.13. The Balaban J connectivity index is 1.58. The number of anilines is 1. The van der Waals surface area contributed by atoms with Gasteiger partial charge in [0.15, 0.2) is 0 Å². The molecule has 3 rings (SSSR count). The van der Waals surface area contributed by atoms with Gasteiger partial charge in [0, 0.05) is 12.1 Å². The zero-order valence-electron chi connectivity index (χ0n) is 14.0. The van der Waals surface area contributed by atoms with E-state index in [-0.39, 0.29) is 11.8 Å². The molecule has 0 aromatic heterocycles. The van der Waals surface area contributed by atoms with Crippen molar-refractivity contribution in [2.75, 3.05) is 25.6 Å². The molecule has 0 spiro atoms. The molecule has 2 amide bonds. The van der Waals surface area contributed by atoms with Crippen LogP contribution in [0, 0.1) is 0 Å². The van der Waals surface area contributed by atoms with Crippen molar-refractivity contribution < 1.29 is 19.1 Å². The number of rotatable bonds is 5. The molecule has 6 heteroatoms. The minimum absolute atomic E-state index is 0.0535. The molecule has 1 aliphatic heterocycles. The van der Waals surface area contributed by atoms with E-state index in [1.807, 2.05) is 18.2 Å². The van der Waals surface area contributed by atoms with Crippen LogP contribution in [0.3, 0.4) is 0 Å². The van der Waals surface area contributed by atoms with Crippen LogP contribution in [0.25, 0.3) is 0 Å². The summed E-state index contributed by atoms with van der Waals surface area (Å²) in [6.07, 6.45) is 0.999. The van der Waals surface area contributed by atoms with Gasteiger partial charge in [0.05, 0.1) is 25.8 Å². The summed E-state index contributed by atoms with van der Waals surface area (Å²) < 4.78 is 10.7. The highest BCUT2D eigenvalue weighted by atomic mass is 16.5. The Hall–Kier alpha value is -3.02. The Kier molecular flexibility index (Phi) is 5.18. The summed E-state index contributed by atoms with van der Waals surface area (Å²) in [6, 6.07) is 12.7. The first-order chi connectivity index (χ1) is 12.2. The molecule has 0 aliphatic carbocycles. The van der Waals surface area contributed by atoms with E-state index in [4.69, 9.17) is 9.47 Å². The largest absolute Gasteiger partial charge is 0.497 e. The van der Waals surface area contributed by atoms with E-state index in [1.165, 1.54) is 0 Å². The van der Waals surface area contributed by atoms with E-state index in [1.54, 1.807) is 31.4 Å². The summed E-state index contributed by atoms with van der Waals surface area (Å²) >= 11 is 0. The zero-order chi connectivity index (χ0) is 17.6. The Labute approximate surface area is 146 Å². The summed E-state index contributed by atoms with van der Waals surface area (Å²) in [5.41, 5.74) is 2.25. The van der Waals surface area contributed by atoms with Gasteiger partial charge < -0.3 is 20.1 Å². The summed E-state index contributed by atoms with van der Waals surface area (Å²) in [5.74, 6) is 1.12. The molecule has 0 radical (unpaired) electrons. The molecule has 2 aromatic rings. The Morgan fingerprint density at radius 3 is 3.00 bits per heavy atom. The third kappa shape index (κ3) is 4.29. The molecule has 2 aromatic carbocycles. The van der Waals surface area contributed by atoms with Crippen molar-refractivity contribution in [3.05, 3.63) is 53.6 Å². The van der Waals surface area contributed by atoms with Crippen LogP contribution < -0.4 is 20.1 Å². The van der Waals surface area contributed by atoms with Crippen LogP contribution in [0.4, 0.5) is 5.69 Å². The SMILES string of the molecule is COc1cccc(C(=O)NCCc2ccc3c(c2)NC(=O)CCO3)c1. The average molecular weight is 340 g/mol. The minimum atomic E-state index is -0.148. The molecule has 0 saturated carbocycles. The van der Waals surface area contributed by atoms with Gasteiger partial charge in [0.1, 0.15) is 11.5 Å². The van der Waals surface area contributed by atoms with Crippen molar-refractivity contribution in [2.24, 2.45) is 0 Å². The van der Waals surface area contributed by atoms with Gasteiger partial charge in [-0.25, -0.2) is 0 Å². The number of amides is 2. The number of benzene rings is 2. The number of carbonyl (C=O) groups excluding carboxylic acids is 2. The molecule has 130 valence electrons. The summed E-state index contributed by atoms with van der Waals surface area (Å²) in [5, 5.41) is 5.72. The van der Waals surface area contributed by atoms with E-state index in [2.05, 4.69) is 10.6 Å². The standard InChI is InChI=1S/C19H20N2O4/c1-24-15-4-2-3-14(12-15)19(23)20-9-7-13-5-6-17-16(11-13)21-18(22)8-10-25-17/h2-6,11-12H,7-10H2,1H3,(H,20,23)(H,21,22). The molecule has 6 nitrogen and oxygen atoms in total. The van der Waals surface area contributed by atoms with E-state index in [9.17, 15) is 9.59 Å². The molecule has 1 heterocycles. The van der Waals surface area contributed by atoms with Crippen molar-refractivity contribution in [3.8, 4) is 11.5 Å². The second-order valence-electron chi connectivity index (χ2n) is 5.72. The van der Waals surface area contributed by atoms with Crippen molar-refractivity contribution in [1.82, 2.24) is 5.32 Å². The number of methoxy groups -OCH3 is 1. The van der Waals surface area contributed by atoms with Crippen LogP contribution in [-0.2, 0) is 11.2 Å². The number of nitrogens with one attached hydrogen (secondary N) is 2. The lowest BCUT2D eigenvalue weighted by Gasteiger charge is -2.10. The van der Waals surface area contributed by atoms with Crippen LogP contribution in [-0.4, -0.2) is 32.1 Å². The van der Waals surface area contributed by atoms with Crippen molar-refractivity contribution in [2.45, 2.75) is 12.8 Å². The van der Waals surface area contributed by atoms with Crippen molar-refractivity contribution in [1.29, 1.82) is 0 Å².